The van der Waals surface area contributed by atoms with Gasteiger partial charge < -0.3 is 5.32 Å². The Hall–Kier alpha value is -0.550. The molecular weight excluding hydrogens is 226 g/mol. The molecule has 1 atom stereocenters. The average Bonchev–Trinajstić information content (AvgIpc) is 2.88. The lowest BCUT2D eigenvalue weighted by molar-refractivity contribution is 0.667. The van der Waals surface area contributed by atoms with Crippen LogP contribution in [0.5, 0.6) is 0 Å². The maximum atomic E-state index is 4.53. The van der Waals surface area contributed by atoms with E-state index in [1.807, 2.05) is 23.3 Å². The summed E-state index contributed by atoms with van der Waals surface area (Å²) in [6.07, 6.45) is 3.99. The molecule has 1 aromatic rings. The van der Waals surface area contributed by atoms with E-state index in [0.717, 1.165) is 23.9 Å². The van der Waals surface area contributed by atoms with Gasteiger partial charge in [0.25, 0.3) is 0 Å². The van der Waals surface area contributed by atoms with Crippen molar-refractivity contribution in [2.24, 2.45) is 4.99 Å². The fourth-order valence-corrected chi connectivity index (χ4v) is 3.10. The molecule has 0 bridgehead atoms. The lowest BCUT2D eigenvalue weighted by Crippen LogP contribution is -2.25. The van der Waals surface area contributed by atoms with Crippen LogP contribution in [-0.2, 0) is 6.42 Å². The average molecular weight is 241 g/mol. The summed E-state index contributed by atoms with van der Waals surface area (Å²) in [5, 5.41) is 7.71. The standard InChI is InChI=1S/C10H15N3S2/c1-2-8-7-15-10(13-8)12-4-3-9-11-5-6-14-9/h5-6,8H,2-4,7H2,1H3,(H,12,13). The Morgan fingerprint density at radius 2 is 2.60 bits per heavy atom. The molecule has 0 aliphatic carbocycles. The van der Waals surface area contributed by atoms with Crippen LogP contribution in [0.2, 0.25) is 0 Å². The molecule has 0 saturated carbocycles. The van der Waals surface area contributed by atoms with Crippen LogP contribution in [0.1, 0.15) is 18.4 Å². The molecule has 82 valence electrons. The number of nitrogens with one attached hydrogen (secondary N) is 1. The molecule has 5 heteroatoms. The Morgan fingerprint density at radius 1 is 1.67 bits per heavy atom. The number of thiazole rings is 1. The lowest BCUT2D eigenvalue weighted by Gasteiger charge is -2.04. The van der Waals surface area contributed by atoms with Gasteiger partial charge >= 0.3 is 0 Å². The molecule has 1 aliphatic rings. The molecule has 1 aromatic heterocycles. The summed E-state index contributed by atoms with van der Waals surface area (Å²) in [7, 11) is 0. The largest absolute Gasteiger partial charge is 0.361 e. The first-order valence-electron chi connectivity index (χ1n) is 5.20. The summed E-state index contributed by atoms with van der Waals surface area (Å²) < 4.78 is 0. The third kappa shape index (κ3) is 3.21. The van der Waals surface area contributed by atoms with Crippen molar-refractivity contribution >= 4 is 28.3 Å². The molecule has 1 saturated heterocycles. The van der Waals surface area contributed by atoms with E-state index in [1.54, 1.807) is 11.3 Å². The zero-order valence-corrected chi connectivity index (χ0v) is 10.4. The molecule has 1 aliphatic heterocycles. The molecule has 0 amide bonds. The normalized spacial score (nSPS) is 23.3. The zero-order valence-electron chi connectivity index (χ0n) is 8.77. The molecule has 1 unspecified atom stereocenters. The van der Waals surface area contributed by atoms with E-state index < -0.39 is 0 Å². The van der Waals surface area contributed by atoms with E-state index in [9.17, 15) is 0 Å². The molecule has 1 fully saturated rings. The summed E-state index contributed by atoms with van der Waals surface area (Å²) >= 11 is 3.54. The van der Waals surface area contributed by atoms with E-state index in [4.69, 9.17) is 0 Å². The molecule has 0 spiro atoms. The van der Waals surface area contributed by atoms with E-state index in [0.29, 0.717) is 6.04 Å². The summed E-state index contributed by atoms with van der Waals surface area (Å²) in [5.41, 5.74) is 0. The molecule has 15 heavy (non-hydrogen) atoms. The third-order valence-corrected chi connectivity index (χ3v) is 4.24. The Bertz CT molecular complexity index is 321. The van der Waals surface area contributed by atoms with E-state index in [-0.39, 0.29) is 0 Å². The van der Waals surface area contributed by atoms with Gasteiger partial charge in [-0.2, -0.15) is 0 Å². The summed E-state index contributed by atoms with van der Waals surface area (Å²) in [4.78, 5) is 8.76. The van der Waals surface area contributed by atoms with Gasteiger partial charge in [0.1, 0.15) is 0 Å². The second-order valence-corrected chi connectivity index (χ2v) is 5.41. The molecule has 0 aromatic carbocycles. The predicted octanol–water partition coefficient (Wildman–Crippen LogP) is 2.16. The van der Waals surface area contributed by atoms with Crippen LogP contribution < -0.4 is 5.32 Å². The van der Waals surface area contributed by atoms with Crippen molar-refractivity contribution < 1.29 is 0 Å². The van der Waals surface area contributed by atoms with Gasteiger partial charge in [0.2, 0.25) is 0 Å². The second kappa shape index (κ2) is 5.51. The Kier molecular flexibility index (Phi) is 4.02. The topological polar surface area (TPSA) is 37.3 Å². The first-order valence-corrected chi connectivity index (χ1v) is 7.07. The smallest absolute Gasteiger partial charge is 0.156 e. The van der Waals surface area contributed by atoms with Crippen molar-refractivity contribution in [2.45, 2.75) is 25.8 Å². The van der Waals surface area contributed by atoms with Crippen LogP contribution in [0.25, 0.3) is 0 Å². The van der Waals surface area contributed by atoms with Gasteiger partial charge in [-0.25, -0.2) is 4.98 Å². The maximum absolute atomic E-state index is 4.53. The minimum absolute atomic E-state index is 0.619. The summed E-state index contributed by atoms with van der Waals surface area (Å²) in [6, 6.07) is 0.619. The van der Waals surface area contributed by atoms with Gasteiger partial charge in [-0.15, -0.1) is 11.3 Å². The number of thioether (sulfide) groups is 1. The zero-order chi connectivity index (χ0) is 10.5. The highest BCUT2D eigenvalue weighted by molar-refractivity contribution is 8.14. The van der Waals surface area contributed by atoms with Crippen molar-refractivity contribution in [2.75, 3.05) is 12.3 Å². The van der Waals surface area contributed by atoms with Gasteiger partial charge in [-0.3, -0.25) is 4.99 Å². The Balaban J connectivity index is 1.75. The van der Waals surface area contributed by atoms with Crippen LogP contribution >= 0.6 is 23.1 Å². The van der Waals surface area contributed by atoms with E-state index in [2.05, 4.69) is 22.2 Å². The van der Waals surface area contributed by atoms with Gasteiger partial charge in [0.05, 0.1) is 5.01 Å². The molecular formula is C10H15N3S2. The lowest BCUT2D eigenvalue weighted by atomic mass is 10.3. The highest BCUT2D eigenvalue weighted by atomic mass is 32.2. The van der Waals surface area contributed by atoms with E-state index in [1.165, 1.54) is 11.4 Å². The first-order chi connectivity index (χ1) is 7.38. The minimum atomic E-state index is 0.619. The van der Waals surface area contributed by atoms with Crippen LogP contribution in [0.4, 0.5) is 0 Å². The van der Waals surface area contributed by atoms with Crippen LogP contribution in [0, 0.1) is 0 Å². The van der Waals surface area contributed by atoms with Crippen molar-refractivity contribution in [3.8, 4) is 0 Å². The van der Waals surface area contributed by atoms with E-state index >= 15 is 0 Å². The van der Waals surface area contributed by atoms with Crippen LogP contribution in [0.3, 0.4) is 0 Å². The molecule has 2 rings (SSSR count). The number of amidine groups is 1. The number of nitrogens with zero attached hydrogens (tertiary/aromatic N) is 2. The molecule has 3 nitrogen and oxygen atoms in total. The first kappa shape index (κ1) is 11.0. The molecule has 0 radical (unpaired) electrons. The highest BCUT2D eigenvalue weighted by Crippen LogP contribution is 2.15. The maximum Gasteiger partial charge on any atom is 0.156 e. The predicted molar refractivity (Wildman–Crippen MR) is 67.8 cm³/mol. The fourth-order valence-electron chi connectivity index (χ4n) is 1.38. The summed E-state index contributed by atoms with van der Waals surface area (Å²) in [5.74, 6) is 1.16. The Labute approximate surface area is 98.4 Å². The molecule has 2 heterocycles. The fraction of sp³-hybridized carbons (Fsp3) is 0.600. The van der Waals surface area contributed by atoms with Crippen LogP contribution in [-0.4, -0.2) is 28.5 Å². The van der Waals surface area contributed by atoms with Crippen molar-refractivity contribution in [1.29, 1.82) is 0 Å². The second-order valence-electron chi connectivity index (χ2n) is 3.42. The van der Waals surface area contributed by atoms with Gasteiger partial charge in [0, 0.05) is 36.3 Å². The SMILES string of the molecule is CCC1CSC(=NCCc2nccs2)N1. The quantitative estimate of drug-likeness (QED) is 0.877. The Morgan fingerprint density at radius 3 is 3.27 bits per heavy atom. The van der Waals surface area contributed by atoms with Crippen molar-refractivity contribution in [3.63, 3.8) is 0 Å². The summed E-state index contributed by atoms with van der Waals surface area (Å²) in [6.45, 7) is 3.05. The minimum Gasteiger partial charge on any atom is -0.361 e. The van der Waals surface area contributed by atoms with Gasteiger partial charge in [0.15, 0.2) is 5.17 Å². The number of rotatable bonds is 4. The van der Waals surface area contributed by atoms with Gasteiger partial charge in [-0.1, -0.05) is 18.7 Å². The van der Waals surface area contributed by atoms with Crippen molar-refractivity contribution in [1.82, 2.24) is 10.3 Å². The molecule has 1 N–H and O–H groups in total. The monoisotopic (exact) mass is 241 g/mol. The number of hydrogen-bond donors (Lipinski definition) is 1. The van der Waals surface area contributed by atoms with Gasteiger partial charge in [-0.05, 0) is 6.42 Å². The number of hydrogen-bond acceptors (Lipinski definition) is 4. The van der Waals surface area contributed by atoms with Crippen molar-refractivity contribution in [3.05, 3.63) is 16.6 Å². The third-order valence-electron chi connectivity index (χ3n) is 2.31. The number of aromatic nitrogens is 1. The van der Waals surface area contributed by atoms with Crippen LogP contribution in [0.15, 0.2) is 16.6 Å². The number of aliphatic imine (C=N–C) groups is 1. The highest BCUT2D eigenvalue weighted by Gasteiger charge is 2.17.